The molecule has 5 N–H and O–H groups in total. The second kappa shape index (κ2) is 11.9. The number of aromatic nitrogens is 1. The Morgan fingerprint density at radius 2 is 1.70 bits per heavy atom. The van der Waals surface area contributed by atoms with E-state index in [2.05, 4.69) is 16.0 Å². The van der Waals surface area contributed by atoms with E-state index in [0.29, 0.717) is 12.1 Å². The van der Waals surface area contributed by atoms with Crippen LogP contribution in [0.1, 0.15) is 54.6 Å². The Balaban J connectivity index is 1.51. The standard InChI is InChI=1S/C27H36N6O4/c1-32-15-8-13-22(32)26(36)33-16-14-20(31-27(37)29-19-11-6-3-7-12-19)23(33)25(35)30-21(24(28)34)17-18-9-4-2-5-10-18/h2,4-5,8-10,13,15,19-21,23H,3,6-7,11-12,14,16-17H2,1H3,(H2,28,34)(H,30,35)(H2,29,31,37)/t20-,21+,23-/m0/s1. The molecule has 1 aromatic heterocycles. The molecule has 3 atom stereocenters. The summed E-state index contributed by atoms with van der Waals surface area (Å²) in [6, 6.07) is 9.90. The van der Waals surface area contributed by atoms with Crippen molar-refractivity contribution in [1.29, 1.82) is 0 Å². The maximum atomic E-state index is 13.6. The van der Waals surface area contributed by atoms with E-state index in [1.54, 1.807) is 29.9 Å². The molecular weight excluding hydrogens is 472 g/mol. The maximum absolute atomic E-state index is 13.6. The molecule has 0 unspecified atom stereocenters. The van der Waals surface area contributed by atoms with Crippen LogP contribution in [0.25, 0.3) is 0 Å². The van der Waals surface area contributed by atoms with Gasteiger partial charge in [-0.3, -0.25) is 14.4 Å². The van der Waals surface area contributed by atoms with Gasteiger partial charge in [0.1, 0.15) is 17.8 Å². The van der Waals surface area contributed by atoms with E-state index < -0.39 is 29.9 Å². The number of likely N-dealkylation sites (tertiary alicyclic amines) is 1. The van der Waals surface area contributed by atoms with E-state index in [1.807, 2.05) is 30.3 Å². The Hall–Kier alpha value is -3.82. The number of nitrogens with one attached hydrogen (secondary N) is 3. The van der Waals surface area contributed by atoms with Crippen LogP contribution < -0.4 is 21.7 Å². The van der Waals surface area contributed by atoms with Crippen LogP contribution in [0, 0.1) is 0 Å². The number of carbonyl (C=O) groups excluding carboxylic acids is 4. The first-order valence-corrected chi connectivity index (χ1v) is 13.0. The van der Waals surface area contributed by atoms with Crippen molar-refractivity contribution in [3.05, 3.63) is 59.9 Å². The normalized spacial score (nSPS) is 20.7. The summed E-state index contributed by atoms with van der Waals surface area (Å²) >= 11 is 0. The monoisotopic (exact) mass is 508 g/mol. The van der Waals surface area contributed by atoms with Gasteiger partial charge in [-0.1, -0.05) is 49.6 Å². The van der Waals surface area contributed by atoms with Gasteiger partial charge < -0.3 is 31.2 Å². The van der Waals surface area contributed by atoms with Crippen LogP contribution in [0.15, 0.2) is 48.7 Å². The molecule has 0 bridgehead atoms. The van der Waals surface area contributed by atoms with Crippen molar-refractivity contribution in [2.45, 2.75) is 69.1 Å². The fourth-order valence-electron chi connectivity index (χ4n) is 5.30. The topological polar surface area (TPSA) is 139 Å². The summed E-state index contributed by atoms with van der Waals surface area (Å²) in [6.45, 7) is 0.288. The molecule has 1 aromatic carbocycles. The second-order valence-corrected chi connectivity index (χ2v) is 9.95. The molecular formula is C27H36N6O4. The van der Waals surface area contributed by atoms with Crippen molar-refractivity contribution >= 4 is 23.8 Å². The number of amides is 5. The Morgan fingerprint density at radius 1 is 0.973 bits per heavy atom. The minimum absolute atomic E-state index is 0.105. The third-order valence-corrected chi connectivity index (χ3v) is 7.29. The van der Waals surface area contributed by atoms with E-state index >= 15 is 0 Å². The number of primary amides is 1. The molecule has 1 saturated heterocycles. The smallest absolute Gasteiger partial charge is 0.315 e. The number of carbonyl (C=O) groups is 4. The predicted octanol–water partition coefficient (Wildman–Crippen LogP) is 1.45. The summed E-state index contributed by atoms with van der Waals surface area (Å²) in [5, 5.41) is 8.69. The predicted molar refractivity (Wildman–Crippen MR) is 138 cm³/mol. The lowest BCUT2D eigenvalue weighted by molar-refractivity contribution is -0.130. The van der Waals surface area contributed by atoms with Crippen LogP contribution in [0.5, 0.6) is 0 Å². The molecule has 198 valence electrons. The van der Waals surface area contributed by atoms with Crippen molar-refractivity contribution in [3.8, 4) is 0 Å². The minimum atomic E-state index is -0.989. The zero-order valence-corrected chi connectivity index (χ0v) is 21.2. The molecule has 0 spiro atoms. The lowest BCUT2D eigenvalue weighted by atomic mass is 9.96. The lowest BCUT2D eigenvalue weighted by Crippen LogP contribution is -2.59. The first-order chi connectivity index (χ1) is 17.8. The fraction of sp³-hybridized carbons (Fsp3) is 0.481. The maximum Gasteiger partial charge on any atom is 0.315 e. The number of aryl methyl sites for hydroxylation is 1. The summed E-state index contributed by atoms with van der Waals surface area (Å²) in [6.07, 6.45) is 7.58. The highest BCUT2D eigenvalue weighted by molar-refractivity contribution is 5.98. The second-order valence-electron chi connectivity index (χ2n) is 9.95. The summed E-state index contributed by atoms with van der Waals surface area (Å²) in [5.74, 6) is -1.51. The van der Waals surface area contributed by atoms with Crippen molar-refractivity contribution in [2.24, 2.45) is 12.8 Å². The number of rotatable bonds is 8. The molecule has 10 heteroatoms. The van der Waals surface area contributed by atoms with E-state index in [9.17, 15) is 19.2 Å². The number of urea groups is 1. The zero-order chi connectivity index (χ0) is 26.4. The summed E-state index contributed by atoms with van der Waals surface area (Å²) < 4.78 is 1.69. The molecule has 1 aliphatic heterocycles. The Kier molecular flexibility index (Phi) is 8.47. The zero-order valence-electron chi connectivity index (χ0n) is 21.2. The number of hydrogen-bond donors (Lipinski definition) is 4. The highest BCUT2D eigenvalue weighted by atomic mass is 16.2. The Bertz CT molecular complexity index is 1110. The molecule has 10 nitrogen and oxygen atoms in total. The van der Waals surface area contributed by atoms with E-state index in [1.165, 1.54) is 11.3 Å². The SMILES string of the molecule is Cn1cccc1C(=O)N1CC[C@H](NC(=O)NC2CCCCC2)[C@H]1C(=O)N[C@H](Cc1ccccc1)C(N)=O. The van der Waals surface area contributed by atoms with E-state index in [-0.39, 0.29) is 30.9 Å². The molecule has 1 aliphatic carbocycles. The molecule has 2 aromatic rings. The number of benzene rings is 1. The van der Waals surface area contributed by atoms with Crippen LogP contribution in [0.3, 0.4) is 0 Å². The van der Waals surface area contributed by atoms with Crippen LogP contribution in [0.2, 0.25) is 0 Å². The largest absolute Gasteiger partial charge is 0.368 e. The number of hydrogen-bond acceptors (Lipinski definition) is 4. The van der Waals surface area contributed by atoms with Gasteiger partial charge in [0.25, 0.3) is 5.91 Å². The van der Waals surface area contributed by atoms with Gasteiger partial charge in [-0.15, -0.1) is 0 Å². The third-order valence-electron chi connectivity index (χ3n) is 7.29. The summed E-state index contributed by atoms with van der Waals surface area (Å²) in [5.41, 5.74) is 6.90. The summed E-state index contributed by atoms with van der Waals surface area (Å²) in [4.78, 5) is 53.5. The molecule has 4 rings (SSSR count). The van der Waals surface area contributed by atoms with Crippen molar-refractivity contribution in [2.75, 3.05) is 6.54 Å². The van der Waals surface area contributed by atoms with Crippen molar-refractivity contribution < 1.29 is 19.2 Å². The number of nitrogens with two attached hydrogens (primary N) is 1. The van der Waals surface area contributed by atoms with Crippen LogP contribution in [-0.4, -0.2) is 63.9 Å². The molecule has 5 amide bonds. The fourth-order valence-corrected chi connectivity index (χ4v) is 5.30. The highest BCUT2D eigenvalue weighted by Gasteiger charge is 2.44. The van der Waals surface area contributed by atoms with Crippen LogP contribution in [0.4, 0.5) is 4.79 Å². The average Bonchev–Trinajstić information content (AvgIpc) is 3.50. The van der Waals surface area contributed by atoms with Gasteiger partial charge in [0.05, 0.1) is 6.04 Å². The van der Waals surface area contributed by atoms with Gasteiger partial charge >= 0.3 is 6.03 Å². The van der Waals surface area contributed by atoms with Crippen LogP contribution >= 0.6 is 0 Å². The number of nitrogens with zero attached hydrogens (tertiary/aromatic N) is 2. The third kappa shape index (κ3) is 6.49. The van der Waals surface area contributed by atoms with E-state index in [4.69, 9.17) is 5.73 Å². The van der Waals surface area contributed by atoms with Gasteiger partial charge in [-0.05, 0) is 37.0 Å². The van der Waals surface area contributed by atoms with Crippen molar-refractivity contribution in [3.63, 3.8) is 0 Å². The Labute approximate surface area is 216 Å². The molecule has 0 radical (unpaired) electrons. The van der Waals surface area contributed by atoms with Gasteiger partial charge in [0.15, 0.2) is 0 Å². The van der Waals surface area contributed by atoms with Gasteiger partial charge in [-0.2, -0.15) is 0 Å². The first kappa shape index (κ1) is 26.2. The highest BCUT2D eigenvalue weighted by Crippen LogP contribution is 2.23. The summed E-state index contributed by atoms with van der Waals surface area (Å²) in [7, 11) is 1.76. The molecule has 2 aliphatic rings. The quantitative estimate of drug-likeness (QED) is 0.429. The molecule has 37 heavy (non-hydrogen) atoms. The minimum Gasteiger partial charge on any atom is -0.368 e. The van der Waals surface area contributed by atoms with Crippen LogP contribution in [-0.2, 0) is 23.1 Å². The van der Waals surface area contributed by atoms with Gasteiger partial charge in [-0.25, -0.2) is 4.79 Å². The molecule has 2 heterocycles. The van der Waals surface area contributed by atoms with E-state index in [0.717, 1.165) is 31.2 Å². The first-order valence-electron chi connectivity index (χ1n) is 13.0. The van der Waals surface area contributed by atoms with Gasteiger partial charge in [0.2, 0.25) is 11.8 Å². The van der Waals surface area contributed by atoms with Gasteiger partial charge in [0, 0.05) is 32.3 Å². The van der Waals surface area contributed by atoms with Crippen molar-refractivity contribution in [1.82, 2.24) is 25.4 Å². The Morgan fingerprint density at radius 3 is 2.35 bits per heavy atom. The lowest BCUT2D eigenvalue weighted by Gasteiger charge is -2.30. The molecule has 2 fully saturated rings. The average molecular weight is 509 g/mol. The molecule has 1 saturated carbocycles.